The van der Waals surface area contributed by atoms with Crippen LogP contribution in [-0.2, 0) is 4.79 Å². The number of ether oxygens (including phenoxy) is 1. The number of likely N-dealkylation sites (N-methyl/N-ethyl adjacent to an activating group) is 1. The van der Waals surface area contributed by atoms with Gasteiger partial charge in [-0.1, -0.05) is 12.8 Å². The van der Waals surface area contributed by atoms with Gasteiger partial charge in [0.25, 0.3) is 5.91 Å². The highest BCUT2D eigenvalue weighted by molar-refractivity contribution is 6.03. The van der Waals surface area contributed by atoms with Crippen LogP contribution in [0.15, 0.2) is 18.3 Å². The van der Waals surface area contributed by atoms with Gasteiger partial charge < -0.3 is 30.1 Å². The predicted octanol–water partition coefficient (Wildman–Crippen LogP) is 3.31. The zero-order chi connectivity index (χ0) is 27.3. The van der Waals surface area contributed by atoms with E-state index in [1.165, 1.54) is 19.2 Å². The van der Waals surface area contributed by atoms with Crippen molar-refractivity contribution in [2.45, 2.75) is 57.0 Å². The molecule has 0 radical (unpaired) electrons. The molecular weight excluding hydrogens is 501 g/mol. The number of hydrogen-bond donors (Lipinski definition) is 2. The number of rotatable bonds is 6. The van der Waals surface area contributed by atoms with E-state index in [1.54, 1.807) is 18.1 Å². The molecule has 0 bridgehead atoms. The van der Waals surface area contributed by atoms with Gasteiger partial charge in [0.2, 0.25) is 11.9 Å². The van der Waals surface area contributed by atoms with E-state index in [-0.39, 0.29) is 28.9 Å². The van der Waals surface area contributed by atoms with Gasteiger partial charge in [-0.25, -0.2) is 9.37 Å². The van der Waals surface area contributed by atoms with Crippen LogP contribution in [0.3, 0.4) is 0 Å². The lowest BCUT2D eigenvalue weighted by Crippen LogP contribution is -2.41. The van der Waals surface area contributed by atoms with E-state index < -0.39 is 11.7 Å². The highest BCUT2D eigenvalue weighted by Gasteiger charge is 2.55. The minimum absolute atomic E-state index is 0.0127. The van der Waals surface area contributed by atoms with Crippen LogP contribution < -0.4 is 25.2 Å². The molecule has 208 valence electrons. The molecule has 2 N–H and O–H groups in total. The van der Waals surface area contributed by atoms with Crippen LogP contribution in [0.1, 0.15) is 55.3 Å². The van der Waals surface area contributed by atoms with Crippen LogP contribution in [-0.4, -0.2) is 79.6 Å². The van der Waals surface area contributed by atoms with Crippen molar-refractivity contribution in [1.82, 2.24) is 20.2 Å². The fourth-order valence-corrected chi connectivity index (χ4v) is 6.28. The Morgan fingerprint density at radius 3 is 2.62 bits per heavy atom. The molecule has 4 aliphatic rings. The Balaban J connectivity index is 1.29. The lowest BCUT2D eigenvalue weighted by atomic mass is 10.0. The Morgan fingerprint density at radius 2 is 1.95 bits per heavy atom. The first kappa shape index (κ1) is 25.8. The number of amides is 2. The molecule has 1 spiro atoms. The number of nitrogens with zero attached hydrogens (tertiary/aromatic N) is 5. The molecule has 3 fully saturated rings. The number of carbonyl (C=O) groups is 2. The van der Waals surface area contributed by atoms with E-state index >= 15 is 4.39 Å². The second-order valence-electron chi connectivity index (χ2n) is 11.5. The number of anilines is 4. The molecule has 2 amide bonds. The first-order valence-corrected chi connectivity index (χ1v) is 13.8. The summed E-state index contributed by atoms with van der Waals surface area (Å²) in [5.41, 5.74) is 0.583. The maximum atomic E-state index is 15.2. The van der Waals surface area contributed by atoms with Gasteiger partial charge in [-0.3, -0.25) is 9.59 Å². The first-order valence-electron chi connectivity index (χ1n) is 13.8. The summed E-state index contributed by atoms with van der Waals surface area (Å²) in [5.74, 6) is 0.290. The number of methoxy groups -OCH3 is 1. The van der Waals surface area contributed by atoms with Gasteiger partial charge >= 0.3 is 0 Å². The largest absolute Gasteiger partial charge is 0.495 e. The zero-order valence-electron chi connectivity index (χ0n) is 22.8. The number of hydrogen-bond acceptors (Lipinski definition) is 8. The molecule has 2 aliphatic heterocycles. The molecule has 1 aromatic carbocycles. The highest BCUT2D eigenvalue weighted by Crippen LogP contribution is 2.52. The van der Waals surface area contributed by atoms with E-state index in [0.29, 0.717) is 29.7 Å². The Kier molecular flexibility index (Phi) is 6.57. The third kappa shape index (κ3) is 4.77. The quantitative estimate of drug-likeness (QED) is 0.579. The van der Waals surface area contributed by atoms with E-state index in [9.17, 15) is 9.59 Å². The summed E-state index contributed by atoms with van der Waals surface area (Å²) in [6.45, 7) is 2.28. The van der Waals surface area contributed by atoms with Crippen molar-refractivity contribution in [1.29, 1.82) is 0 Å². The Labute approximate surface area is 227 Å². The first-order chi connectivity index (χ1) is 18.8. The molecule has 2 saturated carbocycles. The van der Waals surface area contributed by atoms with Gasteiger partial charge in [0.15, 0.2) is 5.82 Å². The van der Waals surface area contributed by atoms with Crippen molar-refractivity contribution >= 4 is 35.0 Å². The van der Waals surface area contributed by atoms with Crippen molar-refractivity contribution in [2.75, 3.05) is 56.0 Å². The summed E-state index contributed by atoms with van der Waals surface area (Å²) in [7, 11) is 5.26. The summed E-state index contributed by atoms with van der Waals surface area (Å²) in [5, 5.41) is 6.02. The van der Waals surface area contributed by atoms with E-state index in [0.717, 1.165) is 63.9 Å². The molecule has 2 aromatic rings. The minimum atomic E-state index is -0.662. The summed E-state index contributed by atoms with van der Waals surface area (Å²) in [6, 6.07) is 2.96. The molecule has 1 aromatic heterocycles. The third-order valence-electron chi connectivity index (χ3n) is 8.74. The number of likely N-dealkylation sites (tertiary alicyclic amines) is 1. The summed E-state index contributed by atoms with van der Waals surface area (Å²) >= 11 is 0. The number of carbonyl (C=O) groups excluding carboxylic acids is 2. The zero-order valence-corrected chi connectivity index (χ0v) is 22.8. The minimum Gasteiger partial charge on any atom is -0.495 e. The Hall–Kier alpha value is -3.47. The van der Waals surface area contributed by atoms with Gasteiger partial charge in [0.05, 0.1) is 30.0 Å². The van der Waals surface area contributed by atoms with Crippen molar-refractivity contribution in [3.05, 3.63) is 29.7 Å². The molecule has 39 heavy (non-hydrogen) atoms. The number of nitrogens with one attached hydrogen (secondary N) is 2. The fourth-order valence-electron chi connectivity index (χ4n) is 6.28. The number of fused-ring (bicyclic) bond motifs is 1. The Bertz CT molecular complexity index is 1290. The molecule has 11 heteroatoms. The van der Waals surface area contributed by atoms with Crippen molar-refractivity contribution < 1.29 is 18.7 Å². The van der Waals surface area contributed by atoms with Crippen molar-refractivity contribution in [3.8, 4) is 5.75 Å². The second kappa shape index (κ2) is 9.93. The second-order valence-corrected chi connectivity index (χ2v) is 11.5. The Morgan fingerprint density at radius 1 is 1.18 bits per heavy atom. The third-order valence-corrected chi connectivity index (χ3v) is 8.74. The standard InChI is InChI=1S/C28H36FN7O3/c1-34-11-8-17(15-34)31-25(37)19-12-23(39-3)21(13-20(19)29)32-27-30-14-22-24(33-27)36(18-6-4-5-7-18)16-28(9-10-28)26(38)35(22)2/h12-14,17-18H,4-11,15-16H2,1-3H3,(H,31,37)(H,30,32,33)/t17-/m1/s1. The maximum Gasteiger partial charge on any atom is 0.254 e. The smallest absolute Gasteiger partial charge is 0.254 e. The van der Waals surface area contributed by atoms with Crippen LogP contribution in [0, 0.1) is 11.2 Å². The van der Waals surface area contributed by atoms with Gasteiger partial charge in [-0.05, 0) is 51.8 Å². The topological polar surface area (TPSA) is 103 Å². The van der Waals surface area contributed by atoms with E-state index in [4.69, 9.17) is 9.72 Å². The van der Waals surface area contributed by atoms with Crippen LogP contribution in [0.4, 0.5) is 27.5 Å². The van der Waals surface area contributed by atoms with Gasteiger partial charge in [0, 0.05) is 38.3 Å². The highest BCUT2D eigenvalue weighted by atomic mass is 19.1. The van der Waals surface area contributed by atoms with Crippen molar-refractivity contribution in [3.63, 3.8) is 0 Å². The number of benzene rings is 1. The van der Waals surface area contributed by atoms with Crippen LogP contribution in [0.2, 0.25) is 0 Å². The molecule has 2 aliphatic carbocycles. The van der Waals surface area contributed by atoms with Crippen LogP contribution in [0.25, 0.3) is 0 Å². The normalized spacial score (nSPS) is 22.7. The average molecular weight is 538 g/mol. The molecule has 3 heterocycles. The van der Waals surface area contributed by atoms with Crippen molar-refractivity contribution in [2.24, 2.45) is 5.41 Å². The number of halogens is 1. The molecule has 6 rings (SSSR count). The van der Waals surface area contributed by atoms with Gasteiger partial charge in [0.1, 0.15) is 17.3 Å². The molecule has 1 saturated heterocycles. The monoisotopic (exact) mass is 537 g/mol. The van der Waals surface area contributed by atoms with Gasteiger partial charge in [-0.2, -0.15) is 4.98 Å². The van der Waals surface area contributed by atoms with Crippen LogP contribution in [0.5, 0.6) is 5.75 Å². The molecular formula is C28H36FN7O3. The summed E-state index contributed by atoms with van der Waals surface area (Å²) < 4.78 is 20.7. The summed E-state index contributed by atoms with van der Waals surface area (Å²) in [6.07, 6.45) is 8.74. The maximum absolute atomic E-state index is 15.2. The van der Waals surface area contributed by atoms with Gasteiger partial charge in [-0.15, -0.1) is 0 Å². The lowest BCUT2D eigenvalue weighted by molar-refractivity contribution is -0.122. The fraction of sp³-hybridized carbons (Fsp3) is 0.571. The molecule has 0 unspecified atom stereocenters. The predicted molar refractivity (Wildman–Crippen MR) is 146 cm³/mol. The number of aromatic nitrogens is 2. The lowest BCUT2D eigenvalue weighted by Gasteiger charge is -2.31. The average Bonchev–Trinajstić information content (AvgIpc) is 3.31. The summed E-state index contributed by atoms with van der Waals surface area (Å²) in [4.78, 5) is 41.6. The van der Waals surface area contributed by atoms with E-state index in [1.807, 2.05) is 7.05 Å². The SMILES string of the molecule is COc1cc(C(=O)N[C@@H]2CCN(C)C2)c(F)cc1Nc1ncc2c(n1)N(C1CCCC1)CC1(CC1)C(=O)N2C. The molecule has 10 nitrogen and oxygen atoms in total. The molecule has 1 atom stereocenters. The van der Waals surface area contributed by atoms with E-state index in [2.05, 4.69) is 25.4 Å². The van der Waals surface area contributed by atoms with Crippen LogP contribution >= 0.6 is 0 Å².